The molecule has 0 amide bonds. The maximum Gasteiger partial charge on any atom is 0.0816 e. The van der Waals surface area contributed by atoms with Crippen molar-refractivity contribution in [1.82, 2.24) is 4.90 Å². The van der Waals surface area contributed by atoms with Crippen molar-refractivity contribution in [2.75, 3.05) is 24.6 Å². The van der Waals surface area contributed by atoms with Crippen LogP contribution in [0.25, 0.3) is 0 Å². The summed E-state index contributed by atoms with van der Waals surface area (Å²) in [6.07, 6.45) is 0. The fourth-order valence-electron chi connectivity index (χ4n) is 2.31. The van der Waals surface area contributed by atoms with Crippen LogP contribution in [0.3, 0.4) is 0 Å². The van der Waals surface area contributed by atoms with Crippen molar-refractivity contribution >= 4 is 29.0 Å². The van der Waals surface area contributed by atoms with Crippen LogP contribution in [-0.4, -0.2) is 40.5 Å². The van der Waals surface area contributed by atoms with Gasteiger partial charge < -0.3 is 5.73 Å². The molecular formula is C14H20N2S2. The summed E-state index contributed by atoms with van der Waals surface area (Å²) in [6.45, 7) is 4.37. The summed E-state index contributed by atoms with van der Waals surface area (Å²) in [6, 6.07) is 11.0. The number of hydrogen-bond donors (Lipinski definition) is 1. The third-order valence-electron chi connectivity index (χ3n) is 3.47. The topological polar surface area (TPSA) is 29.3 Å². The summed E-state index contributed by atoms with van der Waals surface area (Å²) in [7, 11) is 0. The third kappa shape index (κ3) is 3.46. The van der Waals surface area contributed by atoms with Gasteiger partial charge in [0.15, 0.2) is 0 Å². The molecule has 2 atom stereocenters. The summed E-state index contributed by atoms with van der Waals surface area (Å²) in [5.74, 6) is 2.59. The van der Waals surface area contributed by atoms with E-state index in [1.54, 1.807) is 0 Å². The van der Waals surface area contributed by atoms with E-state index in [-0.39, 0.29) is 5.92 Å². The van der Waals surface area contributed by atoms with Gasteiger partial charge in [0.05, 0.1) is 4.99 Å². The predicted molar refractivity (Wildman–Crippen MR) is 84.3 cm³/mol. The van der Waals surface area contributed by atoms with E-state index in [2.05, 4.69) is 36.1 Å². The molecule has 1 aromatic carbocycles. The van der Waals surface area contributed by atoms with Crippen molar-refractivity contribution in [3.05, 3.63) is 35.9 Å². The van der Waals surface area contributed by atoms with Gasteiger partial charge in [-0.25, -0.2) is 0 Å². The van der Waals surface area contributed by atoms with E-state index >= 15 is 0 Å². The quantitative estimate of drug-likeness (QED) is 0.858. The standard InChI is InChI=1S/C14H20N2S2/c1-11-10-18-8-7-16(11)9-13(14(15)17)12-5-3-2-4-6-12/h2-6,11,13H,7-10H2,1H3,(H2,15,17). The van der Waals surface area contributed by atoms with Crippen LogP contribution in [0.2, 0.25) is 0 Å². The molecule has 2 nitrogen and oxygen atoms in total. The Morgan fingerprint density at radius 3 is 2.83 bits per heavy atom. The van der Waals surface area contributed by atoms with Crippen LogP contribution < -0.4 is 5.73 Å². The molecule has 2 N–H and O–H groups in total. The Hall–Kier alpha value is -0.580. The summed E-state index contributed by atoms with van der Waals surface area (Å²) in [5, 5.41) is 0. The van der Waals surface area contributed by atoms with Crippen LogP contribution in [0.5, 0.6) is 0 Å². The molecule has 18 heavy (non-hydrogen) atoms. The Morgan fingerprint density at radius 2 is 2.22 bits per heavy atom. The van der Waals surface area contributed by atoms with Gasteiger partial charge in [0.1, 0.15) is 0 Å². The number of nitrogens with two attached hydrogens (primary N) is 1. The van der Waals surface area contributed by atoms with Crippen molar-refractivity contribution in [2.45, 2.75) is 18.9 Å². The van der Waals surface area contributed by atoms with Gasteiger partial charge in [0, 0.05) is 36.6 Å². The third-order valence-corrected chi connectivity index (χ3v) is 4.94. The lowest BCUT2D eigenvalue weighted by molar-refractivity contribution is 0.230. The molecule has 1 heterocycles. The van der Waals surface area contributed by atoms with Gasteiger partial charge in [-0.05, 0) is 12.5 Å². The van der Waals surface area contributed by atoms with Crippen LogP contribution in [0.15, 0.2) is 30.3 Å². The molecule has 1 saturated heterocycles. The van der Waals surface area contributed by atoms with Crippen molar-refractivity contribution < 1.29 is 0 Å². The van der Waals surface area contributed by atoms with E-state index in [0.717, 1.165) is 13.1 Å². The van der Waals surface area contributed by atoms with Crippen molar-refractivity contribution in [2.24, 2.45) is 5.73 Å². The minimum absolute atomic E-state index is 0.173. The molecule has 0 aliphatic carbocycles. The molecule has 1 aromatic rings. The fraction of sp³-hybridized carbons (Fsp3) is 0.500. The highest BCUT2D eigenvalue weighted by Gasteiger charge is 2.24. The second kappa shape index (κ2) is 6.55. The molecule has 0 bridgehead atoms. The molecule has 1 aliphatic rings. The van der Waals surface area contributed by atoms with E-state index in [1.165, 1.54) is 17.1 Å². The fourth-order valence-corrected chi connectivity index (χ4v) is 3.61. The zero-order valence-corrected chi connectivity index (χ0v) is 12.3. The highest BCUT2D eigenvalue weighted by Crippen LogP contribution is 2.22. The van der Waals surface area contributed by atoms with E-state index in [9.17, 15) is 0 Å². The van der Waals surface area contributed by atoms with Gasteiger partial charge in [0.2, 0.25) is 0 Å². The van der Waals surface area contributed by atoms with Crippen LogP contribution >= 0.6 is 24.0 Å². The van der Waals surface area contributed by atoms with E-state index in [4.69, 9.17) is 18.0 Å². The first-order chi connectivity index (χ1) is 8.68. The predicted octanol–water partition coefficient (Wildman–Crippen LogP) is 2.49. The first kappa shape index (κ1) is 13.8. The first-order valence-electron chi connectivity index (χ1n) is 6.34. The van der Waals surface area contributed by atoms with Crippen LogP contribution in [0.1, 0.15) is 18.4 Å². The van der Waals surface area contributed by atoms with E-state index in [0.29, 0.717) is 11.0 Å². The molecule has 4 heteroatoms. The summed E-state index contributed by atoms with van der Waals surface area (Å²) >= 11 is 7.28. The van der Waals surface area contributed by atoms with Gasteiger partial charge in [-0.2, -0.15) is 11.8 Å². The normalized spacial score (nSPS) is 22.6. The Labute approximate surface area is 119 Å². The summed E-state index contributed by atoms with van der Waals surface area (Å²) < 4.78 is 0. The Morgan fingerprint density at radius 1 is 1.50 bits per heavy atom. The molecule has 2 unspecified atom stereocenters. The van der Waals surface area contributed by atoms with Crippen molar-refractivity contribution in [3.63, 3.8) is 0 Å². The number of benzene rings is 1. The molecule has 1 aliphatic heterocycles. The summed E-state index contributed by atoms with van der Waals surface area (Å²) in [5.41, 5.74) is 7.16. The van der Waals surface area contributed by atoms with Crippen LogP contribution in [0.4, 0.5) is 0 Å². The number of rotatable bonds is 4. The first-order valence-corrected chi connectivity index (χ1v) is 7.91. The number of hydrogen-bond acceptors (Lipinski definition) is 3. The number of thioether (sulfide) groups is 1. The van der Waals surface area contributed by atoms with Gasteiger partial charge in [-0.15, -0.1) is 0 Å². The van der Waals surface area contributed by atoms with Crippen LogP contribution in [-0.2, 0) is 0 Å². The Bertz CT molecular complexity index is 394. The largest absolute Gasteiger partial charge is 0.393 e. The lowest BCUT2D eigenvalue weighted by Gasteiger charge is -2.35. The maximum absolute atomic E-state index is 5.93. The summed E-state index contributed by atoms with van der Waals surface area (Å²) in [4.78, 5) is 3.11. The average Bonchev–Trinajstić information content (AvgIpc) is 2.38. The zero-order valence-electron chi connectivity index (χ0n) is 10.7. The molecule has 1 fully saturated rings. The second-order valence-corrected chi connectivity index (χ2v) is 6.41. The highest BCUT2D eigenvalue weighted by atomic mass is 32.2. The SMILES string of the molecule is CC1CSCCN1CC(C(N)=S)c1ccccc1. The van der Waals surface area contributed by atoms with Crippen LogP contribution in [0, 0.1) is 0 Å². The lowest BCUT2D eigenvalue weighted by atomic mass is 9.98. The number of nitrogens with zero attached hydrogens (tertiary/aromatic N) is 1. The van der Waals surface area contributed by atoms with Gasteiger partial charge in [0.25, 0.3) is 0 Å². The Balaban J connectivity index is 2.09. The maximum atomic E-state index is 5.93. The van der Waals surface area contributed by atoms with Gasteiger partial charge >= 0.3 is 0 Å². The second-order valence-electron chi connectivity index (χ2n) is 4.78. The minimum atomic E-state index is 0.173. The molecule has 0 saturated carbocycles. The molecule has 0 radical (unpaired) electrons. The van der Waals surface area contributed by atoms with Gasteiger partial charge in [-0.1, -0.05) is 42.5 Å². The van der Waals surface area contributed by atoms with Crippen molar-refractivity contribution in [3.8, 4) is 0 Å². The number of thiocarbonyl (C=S) groups is 1. The molecule has 98 valence electrons. The highest BCUT2D eigenvalue weighted by molar-refractivity contribution is 7.99. The average molecular weight is 280 g/mol. The molecule has 0 aromatic heterocycles. The Kier molecular flexibility index (Phi) is 5.03. The molecular weight excluding hydrogens is 260 g/mol. The van der Waals surface area contributed by atoms with E-state index in [1.807, 2.05) is 17.8 Å². The monoisotopic (exact) mass is 280 g/mol. The lowest BCUT2D eigenvalue weighted by Crippen LogP contribution is -2.44. The minimum Gasteiger partial charge on any atom is -0.393 e. The molecule has 2 rings (SSSR count). The van der Waals surface area contributed by atoms with E-state index < -0.39 is 0 Å². The molecule has 0 spiro atoms. The smallest absolute Gasteiger partial charge is 0.0816 e. The van der Waals surface area contributed by atoms with Gasteiger partial charge in [-0.3, -0.25) is 4.90 Å². The van der Waals surface area contributed by atoms with Crippen molar-refractivity contribution in [1.29, 1.82) is 0 Å². The zero-order chi connectivity index (χ0) is 13.0.